The van der Waals surface area contributed by atoms with Gasteiger partial charge < -0.3 is 10.6 Å². The molecule has 5 heteroatoms. The molecule has 0 saturated carbocycles. The van der Waals surface area contributed by atoms with Gasteiger partial charge in [-0.05, 0) is 43.1 Å². The molecule has 2 fully saturated rings. The number of amides is 1. The van der Waals surface area contributed by atoms with Gasteiger partial charge in [-0.3, -0.25) is 4.79 Å². The lowest BCUT2D eigenvalue weighted by Crippen LogP contribution is -2.42. The Balaban J connectivity index is 1.75. The van der Waals surface area contributed by atoms with Crippen molar-refractivity contribution in [3.63, 3.8) is 0 Å². The molecule has 0 aromatic rings. The molecule has 18 heavy (non-hydrogen) atoms. The van der Waals surface area contributed by atoms with Gasteiger partial charge in [-0.2, -0.15) is 11.8 Å². The van der Waals surface area contributed by atoms with Crippen LogP contribution in [0.5, 0.6) is 0 Å². The highest BCUT2D eigenvalue weighted by Gasteiger charge is 2.26. The summed E-state index contributed by atoms with van der Waals surface area (Å²) in [6.45, 7) is 1.67. The lowest BCUT2D eigenvalue weighted by molar-refractivity contribution is -0.133. The van der Waals surface area contributed by atoms with Crippen LogP contribution < -0.4 is 5.73 Å². The average molecular weight is 286 g/mol. The zero-order valence-electron chi connectivity index (χ0n) is 10.8. The summed E-state index contributed by atoms with van der Waals surface area (Å²) in [5.41, 5.74) is 5.66. The Morgan fingerprint density at radius 1 is 1.22 bits per heavy atom. The maximum atomic E-state index is 12.2. The Kier molecular flexibility index (Phi) is 5.30. The van der Waals surface area contributed by atoms with E-state index in [1.165, 1.54) is 24.3 Å². The van der Waals surface area contributed by atoms with E-state index in [0.717, 1.165) is 32.4 Å². The highest BCUT2D eigenvalue weighted by atomic mass is 32.2. The average Bonchev–Trinajstić information content (AvgIpc) is 2.40. The van der Waals surface area contributed by atoms with Gasteiger partial charge in [-0.15, -0.1) is 0 Å². The molecule has 0 bridgehead atoms. The normalized spacial score (nSPS) is 23.0. The van der Waals surface area contributed by atoms with Crippen LogP contribution in [0.2, 0.25) is 0 Å². The van der Waals surface area contributed by atoms with Crippen molar-refractivity contribution in [3.05, 3.63) is 0 Å². The van der Waals surface area contributed by atoms with Crippen molar-refractivity contribution in [3.8, 4) is 0 Å². The van der Waals surface area contributed by atoms with Crippen molar-refractivity contribution in [2.45, 2.75) is 32.1 Å². The largest absolute Gasteiger partial charge is 0.393 e. The second-order valence-electron chi connectivity index (χ2n) is 5.32. The Bertz CT molecular complexity index is 308. The van der Waals surface area contributed by atoms with E-state index in [0.29, 0.717) is 22.7 Å². The molecule has 2 heterocycles. The number of likely N-dealkylation sites (tertiary alicyclic amines) is 1. The number of nitrogens with two attached hydrogens (primary N) is 1. The first-order valence-corrected chi connectivity index (χ1v) is 8.38. The van der Waals surface area contributed by atoms with Crippen LogP contribution in [0.15, 0.2) is 0 Å². The van der Waals surface area contributed by atoms with Gasteiger partial charge in [0, 0.05) is 25.4 Å². The molecule has 0 radical (unpaired) electrons. The number of nitrogens with zero attached hydrogens (tertiary/aromatic N) is 1. The van der Waals surface area contributed by atoms with Crippen LogP contribution >= 0.6 is 24.0 Å². The summed E-state index contributed by atoms with van der Waals surface area (Å²) in [6, 6.07) is 0. The third-order valence-electron chi connectivity index (χ3n) is 4.05. The summed E-state index contributed by atoms with van der Waals surface area (Å²) in [5.74, 6) is 3.75. The highest BCUT2D eigenvalue weighted by molar-refractivity contribution is 7.99. The molecular formula is C13H22N2OS2. The van der Waals surface area contributed by atoms with E-state index in [4.69, 9.17) is 18.0 Å². The lowest BCUT2D eigenvalue weighted by atomic mass is 9.94. The first kappa shape index (κ1) is 14.1. The van der Waals surface area contributed by atoms with Gasteiger partial charge in [-0.1, -0.05) is 12.2 Å². The summed E-state index contributed by atoms with van der Waals surface area (Å²) >= 11 is 7.03. The maximum Gasteiger partial charge on any atom is 0.222 e. The van der Waals surface area contributed by atoms with Crippen LogP contribution in [0.3, 0.4) is 0 Å². The number of hydrogen-bond acceptors (Lipinski definition) is 3. The summed E-state index contributed by atoms with van der Waals surface area (Å²) in [6.07, 6.45) is 5.06. The topological polar surface area (TPSA) is 46.3 Å². The van der Waals surface area contributed by atoms with Gasteiger partial charge in [0.2, 0.25) is 5.91 Å². The minimum absolute atomic E-state index is 0.341. The Hall–Kier alpha value is -0.290. The summed E-state index contributed by atoms with van der Waals surface area (Å²) in [5, 5.41) is 0. The molecular weight excluding hydrogens is 264 g/mol. The summed E-state index contributed by atoms with van der Waals surface area (Å²) in [7, 11) is 0. The Labute approximate surface area is 119 Å². The van der Waals surface area contributed by atoms with Gasteiger partial charge in [0.05, 0.1) is 4.99 Å². The van der Waals surface area contributed by atoms with Crippen molar-refractivity contribution >= 4 is 34.9 Å². The van der Waals surface area contributed by atoms with Crippen molar-refractivity contribution in [1.29, 1.82) is 0 Å². The quantitative estimate of drug-likeness (QED) is 0.807. The number of hydrogen-bond donors (Lipinski definition) is 1. The molecule has 0 aromatic heterocycles. The van der Waals surface area contributed by atoms with E-state index < -0.39 is 0 Å². The highest BCUT2D eigenvalue weighted by Crippen LogP contribution is 2.27. The minimum Gasteiger partial charge on any atom is -0.393 e. The molecule has 2 saturated heterocycles. The lowest BCUT2D eigenvalue weighted by Gasteiger charge is -2.33. The fourth-order valence-corrected chi connectivity index (χ4v) is 4.18. The molecule has 1 amide bonds. The smallest absolute Gasteiger partial charge is 0.222 e. The van der Waals surface area contributed by atoms with Crippen molar-refractivity contribution in [2.75, 3.05) is 24.6 Å². The molecule has 2 aliphatic heterocycles. The van der Waals surface area contributed by atoms with Crippen molar-refractivity contribution < 1.29 is 4.79 Å². The molecule has 2 aliphatic rings. The summed E-state index contributed by atoms with van der Waals surface area (Å²) in [4.78, 5) is 14.8. The van der Waals surface area contributed by atoms with Gasteiger partial charge >= 0.3 is 0 Å². The van der Waals surface area contributed by atoms with Gasteiger partial charge in [-0.25, -0.2) is 0 Å². The molecule has 2 N–H and O–H groups in total. The molecule has 2 rings (SSSR count). The van der Waals surface area contributed by atoms with Crippen molar-refractivity contribution in [2.24, 2.45) is 17.6 Å². The standard InChI is InChI=1S/C13H22N2OS2/c14-13(17)11-1-5-15(6-2-11)12(16)9-10-3-7-18-8-4-10/h10-11H,1-9H2,(H2,14,17). The van der Waals surface area contributed by atoms with Crippen LogP contribution in [-0.4, -0.2) is 40.4 Å². The van der Waals surface area contributed by atoms with Gasteiger partial charge in [0.15, 0.2) is 0 Å². The second-order valence-corrected chi connectivity index (χ2v) is 7.01. The molecule has 0 aromatic carbocycles. The van der Waals surface area contributed by atoms with Crippen LogP contribution in [0.1, 0.15) is 32.1 Å². The molecule has 0 unspecified atom stereocenters. The minimum atomic E-state index is 0.341. The van der Waals surface area contributed by atoms with E-state index in [9.17, 15) is 4.79 Å². The van der Waals surface area contributed by atoms with Gasteiger partial charge in [0.1, 0.15) is 0 Å². The van der Waals surface area contributed by atoms with E-state index in [-0.39, 0.29) is 0 Å². The van der Waals surface area contributed by atoms with E-state index >= 15 is 0 Å². The number of carbonyl (C=O) groups excluding carboxylic acids is 1. The summed E-state index contributed by atoms with van der Waals surface area (Å²) < 4.78 is 0. The Morgan fingerprint density at radius 2 is 1.83 bits per heavy atom. The van der Waals surface area contributed by atoms with Crippen LogP contribution in [0.25, 0.3) is 0 Å². The first-order valence-electron chi connectivity index (χ1n) is 6.81. The fourth-order valence-electron chi connectivity index (χ4n) is 2.74. The van der Waals surface area contributed by atoms with Crippen molar-refractivity contribution in [1.82, 2.24) is 4.90 Å². The van der Waals surface area contributed by atoms with Gasteiger partial charge in [0.25, 0.3) is 0 Å². The zero-order chi connectivity index (χ0) is 13.0. The number of carbonyl (C=O) groups is 1. The molecule has 0 aliphatic carbocycles. The Morgan fingerprint density at radius 3 is 2.39 bits per heavy atom. The predicted molar refractivity (Wildman–Crippen MR) is 80.8 cm³/mol. The van der Waals surface area contributed by atoms with Crippen LogP contribution in [-0.2, 0) is 4.79 Å². The monoisotopic (exact) mass is 286 g/mol. The number of piperidine rings is 1. The number of rotatable bonds is 3. The maximum absolute atomic E-state index is 12.2. The number of thioether (sulfide) groups is 1. The molecule has 3 nitrogen and oxygen atoms in total. The van der Waals surface area contributed by atoms with E-state index in [1.807, 2.05) is 16.7 Å². The second kappa shape index (κ2) is 6.75. The number of thiocarbonyl (C=S) groups is 1. The van der Waals surface area contributed by atoms with E-state index in [1.54, 1.807) is 0 Å². The van der Waals surface area contributed by atoms with Crippen LogP contribution in [0, 0.1) is 11.8 Å². The molecule has 0 spiro atoms. The molecule has 102 valence electrons. The molecule has 0 atom stereocenters. The van der Waals surface area contributed by atoms with E-state index in [2.05, 4.69) is 0 Å². The SMILES string of the molecule is NC(=S)C1CCN(C(=O)CC2CCSCC2)CC1. The predicted octanol–water partition coefficient (Wildman–Crippen LogP) is 2.04. The third kappa shape index (κ3) is 3.85. The first-order chi connectivity index (χ1) is 8.66. The fraction of sp³-hybridized carbons (Fsp3) is 0.846. The third-order valence-corrected chi connectivity index (χ3v) is 5.44. The van der Waals surface area contributed by atoms with Crippen LogP contribution in [0.4, 0.5) is 0 Å². The zero-order valence-corrected chi connectivity index (χ0v) is 12.4.